The van der Waals surface area contributed by atoms with Crippen LogP contribution in [-0.4, -0.2) is 19.9 Å². The molecule has 146 valence electrons. The molecule has 0 aromatic heterocycles. The van der Waals surface area contributed by atoms with Crippen molar-refractivity contribution >= 4 is 27.5 Å². The fourth-order valence-electron chi connectivity index (χ4n) is 2.61. The molecule has 7 heteroatoms. The summed E-state index contributed by atoms with van der Waals surface area (Å²) in [6.07, 6.45) is 0. The van der Waals surface area contributed by atoms with E-state index in [4.69, 9.17) is 11.6 Å². The molecule has 2 N–H and O–H groups in total. The van der Waals surface area contributed by atoms with Crippen molar-refractivity contribution in [3.8, 4) is 0 Å². The Labute approximate surface area is 166 Å². The largest absolute Gasteiger partial charge is 0.346 e. The second-order valence-corrected chi connectivity index (χ2v) is 9.70. The Kier molecular flexibility index (Phi) is 6.35. The quantitative estimate of drug-likeness (QED) is 0.777. The van der Waals surface area contributed by atoms with E-state index in [0.717, 1.165) is 5.56 Å². The maximum absolute atomic E-state index is 12.7. The molecule has 2 aromatic carbocycles. The molecule has 0 spiro atoms. The first-order valence-corrected chi connectivity index (χ1v) is 10.5. The molecule has 5 nitrogen and oxygen atoms in total. The van der Waals surface area contributed by atoms with Crippen LogP contribution in [0.5, 0.6) is 0 Å². The first-order valence-electron chi connectivity index (χ1n) is 8.60. The third kappa shape index (κ3) is 5.79. The molecular weight excluding hydrogens is 384 g/mol. The van der Waals surface area contributed by atoms with Crippen LogP contribution in [0.4, 0.5) is 0 Å². The highest BCUT2D eigenvalue weighted by Gasteiger charge is 2.24. The molecule has 27 heavy (non-hydrogen) atoms. The SMILES string of the molecule is Cc1ccc(S(=O)(=O)NC(C)(C)C)cc1C(=O)NC(C)c1cccc(Cl)c1. The topological polar surface area (TPSA) is 75.3 Å². The second kappa shape index (κ2) is 8.00. The summed E-state index contributed by atoms with van der Waals surface area (Å²) >= 11 is 6.01. The highest BCUT2D eigenvalue weighted by Crippen LogP contribution is 2.21. The average molecular weight is 409 g/mol. The van der Waals surface area contributed by atoms with E-state index in [1.165, 1.54) is 12.1 Å². The van der Waals surface area contributed by atoms with E-state index in [2.05, 4.69) is 10.0 Å². The Morgan fingerprint density at radius 1 is 1.11 bits per heavy atom. The van der Waals surface area contributed by atoms with Gasteiger partial charge in [-0.15, -0.1) is 0 Å². The zero-order valence-corrected chi connectivity index (χ0v) is 17.7. The number of hydrogen-bond acceptors (Lipinski definition) is 3. The van der Waals surface area contributed by atoms with Gasteiger partial charge in [0.05, 0.1) is 10.9 Å². The minimum absolute atomic E-state index is 0.0589. The highest BCUT2D eigenvalue weighted by molar-refractivity contribution is 7.89. The lowest BCUT2D eigenvalue weighted by atomic mass is 10.1. The van der Waals surface area contributed by atoms with Gasteiger partial charge in [0.15, 0.2) is 0 Å². The fourth-order valence-corrected chi connectivity index (χ4v) is 4.25. The third-order valence-electron chi connectivity index (χ3n) is 3.90. The van der Waals surface area contributed by atoms with E-state index in [1.54, 1.807) is 45.9 Å². The molecule has 2 aromatic rings. The van der Waals surface area contributed by atoms with Crippen LogP contribution in [0.3, 0.4) is 0 Å². The molecule has 0 fully saturated rings. The monoisotopic (exact) mass is 408 g/mol. The lowest BCUT2D eigenvalue weighted by molar-refractivity contribution is 0.0939. The number of carbonyl (C=O) groups is 1. The molecular formula is C20H25ClN2O3S. The Bertz CT molecular complexity index is 950. The van der Waals surface area contributed by atoms with Crippen LogP contribution >= 0.6 is 11.6 Å². The van der Waals surface area contributed by atoms with Gasteiger partial charge in [0.25, 0.3) is 5.91 Å². The van der Waals surface area contributed by atoms with Crippen molar-refractivity contribution < 1.29 is 13.2 Å². The Morgan fingerprint density at radius 3 is 2.37 bits per heavy atom. The number of halogens is 1. The van der Waals surface area contributed by atoms with E-state index in [-0.39, 0.29) is 16.8 Å². The summed E-state index contributed by atoms with van der Waals surface area (Å²) in [5.74, 6) is -0.340. The molecule has 0 saturated carbocycles. The second-order valence-electron chi connectivity index (χ2n) is 7.58. The predicted molar refractivity (Wildman–Crippen MR) is 109 cm³/mol. The Morgan fingerprint density at radius 2 is 1.78 bits per heavy atom. The van der Waals surface area contributed by atoms with E-state index in [1.807, 2.05) is 19.1 Å². The number of rotatable bonds is 5. The van der Waals surface area contributed by atoms with E-state index in [9.17, 15) is 13.2 Å². The molecule has 0 radical (unpaired) electrons. The van der Waals surface area contributed by atoms with Crippen molar-refractivity contribution in [1.82, 2.24) is 10.0 Å². The summed E-state index contributed by atoms with van der Waals surface area (Å²) < 4.78 is 27.7. The number of benzene rings is 2. The van der Waals surface area contributed by atoms with Crippen molar-refractivity contribution in [3.63, 3.8) is 0 Å². The normalized spacial score (nSPS) is 13.3. The van der Waals surface area contributed by atoms with Gasteiger partial charge >= 0.3 is 0 Å². The Balaban J connectivity index is 2.29. The van der Waals surface area contributed by atoms with Gasteiger partial charge in [0.1, 0.15) is 0 Å². The molecule has 1 atom stereocenters. The first-order chi connectivity index (χ1) is 12.4. The number of sulfonamides is 1. The van der Waals surface area contributed by atoms with Crippen LogP contribution < -0.4 is 10.0 Å². The smallest absolute Gasteiger partial charge is 0.252 e. The molecule has 0 aliphatic heterocycles. The van der Waals surface area contributed by atoms with Crippen molar-refractivity contribution in [1.29, 1.82) is 0 Å². The lowest BCUT2D eigenvalue weighted by Crippen LogP contribution is -2.40. The van der Waals surface area contributed by atoms with Crippen LogP contribution in [-0.2, 0) is 10.0 Å². The van der Waals surface area contributed by atoms with Gasteiger partial charge in [-0.2, -0.15) is 0 Å². The Hall–Kier alpha value is -1.89. The summed E-state index contributed by atoms with van der Waals surface area (Å²) in [7, 11) is -3.72. The summed E-state index contributed by atoms with van der Waals surface area (Å²) in [6, 6.07) is 11.5. The minimum atomic E-state index is -3.72. The van der Waals surface area contributed by atoms with Gasteiger partial charge in [-0.1, -0.05) is 29.8 Å². The van der Waals surface area contributed by atoms with Crippen molar-refractivity contribution in [2.75, 3.05) is 0 Å². The van der Waals surface area contributed by atoms with Crippen LogP contribution in [0, 0.1) is 6.92 Å². The zero-order valence-electron chi connectivity index (χ0n) is 16.1. The molecule has 2 rings (SSSR count). The molecule has 1 amide bonds. The summed E-state index contributed by atoms with van der Waals surface area (Å²) in [5.41, 5.74) is 1.26. The summed E-state index contributed by atoms with van der Waals surface area (Å²) in [6.45, 7) is 8.91. The van der Waals surface area contributed by atoms with Gasteiger partial charge < -0.3 is 5.32 Å². The maximum Gasteiger partial charge on any atom is 0.252 e. The van der Waals surface area contributed by atoms with Gasteiger partial charge in [-0.3, -0.25) is 4.79 Å². The minimum Gasteiger partial charge on any atom is -0.346 e. The maximum atomic E-state index is 12.7. The predicted octanol–water partition coefficient (Wildman–Crippen LogP) is 4.22. The van der Waals surface area contributed by atoms with E-state index >= 15 is 0 Å². The van der Waals surface area contributed by atoms with Crippen LogP contribution in [0.25, 0.3) is 0 Å². The molecule has 0 aliphatic carbocycles. The highest BCUT2D eigenvalue weighted by atomic mass is 35.5. The number of carbonyl (C=O) groups excluding carboxylic acids is 1. The van der Waals surface area contributed by atoms with Crippen molar-refractivity contribution in [2.24, 2.45) is 0 Å². The average Bonchev–Trinajstić information content (AvgIpc) is 2.52. The lowest BCUT2D eigenvalue weighted by Gasteiger charge is -2.21. The van der Waals surface area contributed by atoms with Gasteiger partial charge in [0.2, 0.25) is 10.0 Å². The number of hydrogen-bond donors (Lipinski definition) is 2. The molecule has 0 heterocycles. The number of aryl methyl sites for hydroxylation is 1. The molecule has 1 unspecified atom stereocenters. The van der Waals surface area contributed by atoms with E-state index < -0.39 is 15.6 Å². The molecule has 0 saturated heterocycles. The van der Waals surface area contributed by atoms with Crippen molar-refractivity contribution in [2.45, 2.75) is 51.1 Å². The summed E-state index contributed by atoms with van der Waals surface area (Å²) in [5, 5.41) is 3.48. The first kappa shape index (κ1) is 21.4. The van der Waals surface area contributed by atoms with Gasteiger partial charge in [0, 0.05) is 16.1 Å². The summed E-state index contributed by atoms with van der Waals surface area (Å²) in [4.78, 5) is 12.8. The number of amides is 1. The van der Waals surface area contributed by atoms with Gasteiger partial charge in [-0.25, -0.2) is 13.1 Å². The van der Waals surface area contributed by atoms with E-state index in [0.29, 0.717) is 16.1 Å². The standard InChI is InChI=1S/C20H25ClN2O3S/c1-13-9-10-17(27(25,26)23-20(3,4)5)12-18(13)19(24)22-14(2)15-7-6-8-16(21)11-15/h6-12,14,23H,1-5H3,(H,22,24). The van der Waals surface area contributed by atoms with Crippen LogP contribution in [0.2, 0.25) is 5.02 Å². The number of nitrogens with one attached hydrogen (secondary N) is 2. The zero-order chi connectivity index (χ0) is 20.4. The van der Waals surface area contributed by atoms with Crippen LogP contribution in [0.15, 0.2) is 47.4 Å². The molecule has 0 bridgehead atoms. The fraction of sp³-hybridized carbons (Fsp3) is 0.350. The van der Waals surface area contributed by atoms with Crippen LogP contribution in [0.1, 0.15) is 55.2 Å². The third-order valence-corrected chi connectivity index (χ3v) is 5.89. The molecule has 0 aliphatic rings. The van der Waals surface area contributed by atoms with Gasteiger partial charge in [-0.05, 0) is 70.0 Å². The van der Waals surface area contributed by atoms with Crippen molar-refractivity contribution in [3.05, 3.63) is 64.2 Å².